The topological polar surface area (TPSA) is 105 Å². The molecule has 116 valence electrons. The van der Waals surface area contributed by atoms with E-state index in [1.54, 1.807) is 0 Å². The van der Waals surface area contributed by atoms with Gasteiger partial charge in [0.1, 0.15) is 0 Å². The number of nitrogens with one attached hydrogen (secondary N) is 1. The van der Waals surface area contributed by atoms with E-state index in [1.807, 2.05) is 13.8 Å². The second-order valence-corrected chi connectivity index (χ2v) is 6.90. The number of carboxylic acid groups (broad SMARTS) is 1. The molecule has 0 aliphatic carbocycles. The molecule has 1 aromatic rings. The van der Waals surface area contributed by atoms with E-state index in [2.05, 4.69) is 31.1 Å². The van der Waals surface area contributed by atoms with Crippen molar-refractivity contribution >= 4 is 17.5 Å². The number of carboxylic acids is 1. The van der Waals surface area contributed by atoms with Gasteiger partial charge in [0.25, 0.3) is 0 Å². The van der Waals surface area contributed by atoms with Crippen LogP contribution in [0, 0.1) is 15.5 Å². The van der Waals surface area contributed by atoms with Crippen molar-refractivity contribution in [2.45, 2.75) is 46.6 Å². The van der Waals surface area contributed by atoms with Gasteiger partial charge in [-0.1, -0.05) is 20.8 Å². The third kappa shape index (κ3) is 5.02. The van der Waals surface area contributed by atoms with Gasteiger partial charge in [-0.05, 0) is 25.7 Å². The van der Waals surface area contributed by atoms with Gasteiger partial charge in [-0.3, -0.25) is 10.1 Å². The lowest BCUT2D eigenvalue weighted by atomic mass is 9.82. The number of hydrogen-bond donors (Lipinski definition) is 2. The second-order valence-electron chi connectivity index (χ2n) is 6.90. The standard InChI is InChI=1S/C14H21N3O4/c1-13(2,3)8-14(4,5)16-11-10(17(20)21)6-9(7-15-11)12(18)19/h6-7H,8H2,1-5H3,(H,15,16)(H,18,19). The number of nitrogens with zero attached hydrogens (tertiary/aromatic N) is 2. The van der Waals surface area contributed by atoms with Crippen LogP contribution in [0.1, 0.15) is 51.4 Å². The summed E-state index contributed by atoms with van der Waals surface area (Å²) >= 11 is 0. The Bertz CT molecular complexity index is 562. The van der Waals surface area contributed by atoms with E-state index in [1.165, 1.54) is 0 Å². The molecule has 0 aliphatic rings. The monoisotopic (exact) mass is 295 g/mol. The Balaban J connectivity index is 3.13. The second kappa shape index (κ2) is 5.67. The lowest BCUT2D eigenvalue weighted by Gasteiger charge is -2.33. The first-order valence-electron chi connectivity index (χ1n) is 6.57. The maximum atomic E-state index is 11.1. The van der Waals surface area contributed by atoms with E-state index in [9.17, 15) is 14.9 Å². The van der Waals surface area contributed by atoms with Crippen molar-refractivity contribution in [3.8, 4) is 0 Å². The number of carbonyl (C=O) groups is 1. The summed E-state index contributed by atoms with van der Waals surface area (Å²) in [5.41, 5.74) is -0.926. The van der Waals surface area contributed by atoms with Crippen molar-refractivity contribution in [1.29, 1.82) is 0 Å². The predicted octanol–water partition coefficient (Wildman–Crippen LogP) is 3.31. The van der Waals surface area contributed by atoms with Gasteiger partial charge in [-0.2, -0.15) is 0 Å². The Morgan fingerprint density at radius 1 is 1.38 bits per heavy atom. The van der Waals surface area contributed by atoms with Gasteiger partial charge in [0, 0.05) is 17.8 Å². The minimum absolute atomic E-state index is 0.0340. The zero-order chi connectivity index (χ0) is 16.4. The molecule has 0 amide bonds. The number of nitro groups is 1. The lowest BCUT2D eigenvalue weighted by molar-refractivity contribution is -0.384. The molecule has 0 spiro atoms. The van der Waals surface area contributed by atoms with Gasteiger partial charge < -0.3 is 10.4 Å². The molecular weight excluding hydrogens is 274 g/mol. The highest BCUT2D eigenvalue weighted by molar-refractivity contribution is 5.88. The van der Waals surface area contributed by atoms with Crippen molar-refractivity contribution in [2.75, 3.05) is 5.32 Å². The predicted molar refractivity (Wildman–Crippen MR) is 79.6 cm³/mol. The molecule has 7 heteroatoms. The molecule has 1 rings (SSSR count). The van der Waals surface area contributed by atoms with Crippen LogP contribution in [-0.4, -0.2) is 26.5 Å². The maximum Gasteiger partial charge on any atom is 0.337 e. The Morgan fingerprint density at radius 3 is 2.38 bits per heavy atom. The summed E-state index contributed by atoms with van der Waals surface area (Å²) in [5, 5.41) is 23.0. The highest BCUT2D eigenvalue weighted by Gasteiger charge is 2.29. The summed E-state index contributed by atoms with van der Waals surface area (Å²) in [6.45, 7) is 10.1. The van der Waals surface area contributed by atoms with Crippen LogP contribution >= 0.6 is 0 Å². The molecule has 0 saturated heterocycles. The molecule has 0 aliphatic heterocycles. The normalized spacial score (nSPS) is 12.0. The Kier molecular flexibility index (Phi) is 4.56. The molecule has 0 atom stereocenters. The van der Waals surface area contributed by atoms with Crippen LogP contribution in [0.4, 0.5) is 11.5 Å². The van der Waals surface area contributed by atoms with Gasteiger partial charge in [0.2, 0.25) is 5.82 Å². The molecule has 0 fully saturated rings. The lowest BCUT2D eigenvalue weighted by Crippen LogP contribution is -2.36. The first kappa shape index (κ1) is 16.9. The fraction of sp³-hybridized carbons (Fsp3) is 0.571. The Labute approximate surface area is 123 Å². The number of hydrogen-bond acceptors (Lipinski definition) is 5. The molecule has 2 N–H and O–H groups in total. The number of aromatic nitrogens is 1. The Hall–Kier alpha value is -2.18. The van der Waals surface area contributed by atoms with Crippen LogP contribution in [0.3, 0.4) is 0 Å². The molecule has 1 aromatic heterocycles. The van der Waals surface area contributed by atoms with Crippen LogP contribution in [0.2, 0.25) is 0 Å². The highest BCUT2D eigenvalue weighted by atomic mass is 16.6. The van der Waals surface area contributed by atoms with Crippen molar-refractivity contribution in [1.82, 2.24) is 4.98 Å². The van der Waals surface area contributed by atoms with Crippen LogP contribution in [-0.2, 0) is 0 Å². The molecular formula is C14H21N3O4. The molecule has 0 unspecified atom stereocenters. The van der Waals surface area contributed by atoms with Crippen LogP contribution in [0.15, 0.2) is 12.3 Å². The molecule has 21 heavy (non-hydrogen) atoms. The average molecular weight is 295 g/mol. The van der Waals surface area contributed by atoms with Gasteiger partial charge in [-0.15, -0.1) is 0 Å². The van der Waals surface area contributed by atoms with E-state index >= 15 is 0 Å². The minimum atomic E-state index is -1.24. The third-order valence-corrected chi connectivity index (χ3v) is 2.74. The molecule has 0 radical (unpaired) electrons. The van der Waals surface area contributed by atoms with Crippen molar-refractivity contribution in [3.05, 3.63) is 27.9 Å². The zero-order valence-electron chi connectivity index (χ0n) is 12.9. The van der Waals surface area contributed by atoms with E-state index in [4.69, 9.17) is 5.11 Å². The Morgan fingerprint density at radius 2 is 1.95 bits per heavy atom. The third-order valence-electron chi connectivity index (χ3n) is 2.74. The summed E-state index contributed by atoms with van der Waals surface area (Å²) in [6, 6.07) is 1.02. The number of rotatable bonds is 5. The van der Waals surface area contributed by atoms with Gasteiger partial charge in [0.15, 0.2) is 0 Å². The van der Waals surface area contributed by atoms with Gasteiger partial charge in [0.05, 0.1) is 10.5 Å². The van der Waals surface area contributed by atoms with Crippen molar-refractivity contribution < 1.29 is 14.8 Å². The van der Waals surface area contributed by atoms with E-state index < -0.39 is 16.4 Å². The minimum Gasteiger partial charge on any atom is -0.478 e. The van der Waals surface area contributed by atoms with E-state index in [0.29, 0.717) is 0 Å². The van der Waals surface area contributed by atoms with E-state index in [0.717, 1.165) is 18.7 Å². The first-order chi connectivity index (χ1) is 9.41. The molecule has 0 bridgehead atoms. The summed E-state index contributed by atoms with van der Waals surface area (Å²) < 4.78 is 0. The fourth-order valence-electron chi connectivity index (χ4n) is 2.50. The summed E-state index contributed by atoms with van der Waals surface area (Å²) in [4.78, 5) is 25.2. The number of anilines is 1. The van der Waals surface area contributed by atoms with E-state index in [-0.39, 0.29) is 22.5 Å². The summed E-state index contributed by atoms with van der Waals surface area (Å²) in [5.74, 6) is -1.16. The van der Waals surface area contributed by atoms with Crippen LogP contribution in [0.25, 0.3) is 0 Å². The van der Waals surface area contributed by atoms with Crippen LogP contribution < -0.4 is 5.32 Å². The van der Waals surface area contributed by atoms with Gasteiger partial charge >= 0.3 is 11.7 Å². The van der Waals surface area contributed by atoms with Gasteiger partial charge in [-0.25, -0.2) is 9.78 Å². The fourth-order valence-corrected chi connectivity index (χ4v) is 2.50. The molecule has 0 aromatic carbocycles. The van der Waals surface area contributed by atoms with Crippen molar-refractivity contribution in [2.24, 2.45) is 5.41 Å². The highest BCUT2D eigenvalue weighted by Crippen LogP contribution is 2.32. The summed E-state index contributed by atoms with van der Waals surface area (Å²) in [7, 11) is 0. The quantitative estimate of drug-likeness (QED) is 0.637. The molecule has 7 nitrogen and oxygen atoms in total. The van der Waals surface area contributed by atoms with Crippen molar-refractivity contribution in [3.63, 3.8) is 0 Å². The number of aromatic carboxylic acids is 1. The largest absolute Gasteiger partial charge is 0.478 e. The SMILES string of the molecule is CC(C)(C)CC(C)(C)Nc1ncc(C(=O)O)cc1[N+](=O)[O-]. The zero-order valence-corrected chi connectivity index (χ0v) is 12.9. The smallest absolute Gasteiger partial charge is 0.337 e. The molecule has 1 heterocycles. The number of pyridine rings is 1. The first-order valence-corrected chi connectivity index (χ1v) is 6.57. The maximum absolute atomic E-state index is 11.1. The molecule has 0 saturated carbocycles. The summed E-state index contributed by atoms with van der Waals surface area (Å²) in [6.07, 6.45) is 1.88. The average Bonchev–Trinajstić information content (AvgIpc) is 2.24. The van der Waals surface area contributed by atoms with Crippen LogP contribution in [0.5, 0.6) is 0 Å².